The molecule has 0 radical (unpaired) electrons. The SMILES string of the molecule is CC.Cc1cc(=O)n(C(CC(C)C)C(=O)O)cc1CCN1CCCC1. The van der Waals surface area contributed by atoms with E-state index in [2.05, 4.69) is 4.90 Å². The van der Waals surface area contributed by atoms with Crippen LogP contribution in [0.3, 0.4) is 0 Å². The van der Waals surface area contributed by atoms with E-state index in [0.717, 1.165) is 37.2 Å². The molecule has 0 spiro atoms. The number of aliphatic carboxylic acids is 1. The number of hydrogen-bond donors (Lipinski definition) is 1. The van der Waals surface area contributed by atoms with Gasteiger partial charge in [-0.15, -0.1) is 0 Å². The molecule has 1 saturated heterocycles. The zero-order valence-electron chi connectivity index (χ0n) is 16.4. The number of carboxylic acid groups (broad SMARTS) is 1. The van der Waals surface area contributed by atoms with Gasteiger partial charge in [-0.05, 0) is 62.7 Å². The fourth-order valence-electron chi connectivity index (χ4n) is 3.26. The summed E-state index contributed by atoms with van der Waals surface area (Å²) in [6.45, 7) is 13.1. The molecule has 25 heavy (non-hydrogen) atoms. The summed E-state index contributed by atoms with van der Waals surface area (Å²) >= 11 is 0. The van der Waals surface area contributed by atoms with Gasteiger partial charge < -0.3 is 14.6 Å². The summed E-state index contributed by atoms with van der Waals surface area (Å²) in [5.41, 5.74) is 1.81. The number of rotatable bonds is 7. The highest BCUT2D eigenvalue weighted by molar-refractivity contribution is 5.71. The highest BCUT2D eigenvalue weighted by Gasteiger charge is 2.22. The van der Waals surface area contributed by atoms with Gasteiger partial charge in [-0.1, -0.05) is 27.7 Å². The van der Waals surface area contributed by atoms with Crippen LogP contribution in [0.1, 0.15) is 64.1 Å². The highest BCUT2D eigenvalue weighted by Crippen LogP contribution is 2.18. The van der Waals surface area contributed by atoms with Crippen LogP contribution in [-0.4, -0.2) is 40.2 Å². The van der Waals surface area contributed by atoms with Gasteiger partial charge in [-0.3, -0.25) is 4.79 Å². The van der Waals surface area contributed by atoms with Crippen molar-refractivity contribution in [2.24, 2.45) is 5.92 Å². The van der Waals surface area contributed by atoms with Crippen molar-refractivity contribution in [1.29, 1.82) is 0 Å². The van der Waals surface area contributed by atoms with E-state index in [9.17, 15) is 14.7 Å². The molecule has 1 aliphatic rings. The Morgan fingerprint density at radius 1 is 1.24 bits per heavy atom. The minimum atomic E-state index is -0.935. The van der Waals surface area contributed by atoms with E-state index in [1.165, 1.54) is 17.4 Å². The minimum absolute atomic E-state index is 0.220. The standard InChI is InChI=1S/C18H28N2O3.C2H6/c1-13(2)10-16(18(22)23)20-12-15(14(3)11-17(20)21)6-9-19-7-4-5-8-19;1-2/h11-13,16H,4-10H2,1-3H3,(H,22,23);1-2H3. The maximum atomic E-state index is 12.3. The van der Waals surface area contributed by atoms with Crippen molar-refractivity contribution in [3.8, 4) is 0 Å². The predicted octanol–water partition coefficient (Wildman–Crippen LogP) is 3.49. The van der Waals surface area contributed by atoms with Gasteiger partial charge in [0.2, 0.25) is 0 Å². The lowest BCUT2D eigenvalue weighted by Gasteiger charge is -2.20. The predicted molar refractivity (Wildman–Crippen MR) is 102 cm³/mol. The van der Waals surface area contributed by atoms with Crippen molar-refractivity contribution in [3.05, 3.63) is 33.7 Å². The van der Waals surface area contributed by atoms with E-state index in [1.807, 2.05) is 34.6 Å². The van der Waals surface area contributed by atoms with E-state index in [1.54, 1.807) is 12.3 Å². The Bertz CT molecular complexity index is 601. The Labute approximate surface area is 151 Å². The molecule has 1 fully saturated rings. The van der Waals surface area contributed by atoms with Gasteiger partial charge in [0.1, 0.15) is 6.04 Å². The van der Waals surface area contributed by atoms with Gasteiger partial charge in [0.05, 0.1) is 0 Å². The molecule has 0 amide bonds. The van der Waals surface area contributed by atoms with Crippen LogP contribution in [0.5, 0.6) is 0 Å². The van der Waals surface area contributed by atoms with Crippen LogP contribution in [0.25, 0.3) is 0 Å². The van der Waals surface area contributed by atoms with Crippen molar-refractivity contribution in [3.63, 3.8) is 0 Å². The summed E-state index contributed by atoms with van der Waals surface area (Å²) in [6, 6.07) is 0.795. The van der Waals surface area contributed by atoms with Crippen molar-refractivity contribution < 1.29 is 9.90 Å². The second kappa shape index (κ2) is 10.4. The molecule has 2 heterocycles. The minimum Gasteiger partial charge on any atom is -0.480 e. The molecule has 1 aromatic heterocycles. The number of aromatic nitrogens is 1. The first-order chi connectivity index (χ1) is 11.9. The fraction of sp³-hybridized carbons (Fsp3) is 0.700. The molecule has 1 unspecified atom stereocenters. The lowest BCUT2D eigenvalue weighted by Crippen LogP contribution is -2.31. The van der Waals surface area contributed by atoms with Crippen molar-refractivity contribution >= 4 is 5.97 Å². The van der Waals surface area contributed by atoms with Gasteiger partial charge in [-0.25, -0.2) is 4.79 Å². The highest BCUT2D eigenvalue weighted by atomic mass is 16.4. The third-order valence-corrected chi connectivity index (χ3v) is 4.61. The summed E-state index contributed by atoms with van der Waals surface area (Å²) in [5.74, 6) is -0.715. The Balaban J connectivity index is 0.00000151. The Morgan fingerprint density at radius 3 is 2.36 bits per heavy atom. The van der Waals surface area contributed by atoms with Crippen molar-refractivity contribution in [2.75, 3.05) is 19.6 Å². The maximum Gasteiger partial charge on any atom is 0.326 e. The Kier molecular flexibility index (Phi) is 8.90. The van der Waals surface area contributed by atoms with Crippen LogP contribution in [0.2, 0.25) is 0 Å². The second-order valence-corrected chi connectivity index (χ2v) is 7.01. The normalized spacial score (nSPS) is 15.8. The first kappa shape index (κ1) is 21.4. The van der Waals surface area contributed by atoms with Crippen LogP contribution in [0.4, 0.5) is 0 Å². The van der Waals surface area contributed by atoms with Crippen LogP contribution in [-0.2, 0) is 11.2 Å². The number of carbonyl (C=O) groups is 1. The molecule has 142 valence electrons. The van der Waals surface area contributed by atoms with Crippen LogP contribution < -0.4 is 5.56 Å². The van der Waals surface area contributed by atoms with E-state index >= 15 is 0 Å². The molecule has 0 aliphatic carbocycles. The lowest BCUT2D eigenvalue weighted by molar-refractivity contribution is -0.141. The zero-order valence-corrected chi connectivity index (χ0v) is 16.4. The van der Waals surface area contributed by atoms with E-state index < -0.39 is 12.0 Å². The first-order valence-electron chi connectivity index (χ1n) is 9.55. The molecular weight excluding hydrogens is 316 g/mol. The van der Waals surface area contributed by atoms with E-state index in [4.69, 9.17) is 0 Å². The van der Waals surface area contributed by atoms with Gasteiger partial charge >= 0.3 is 5.97 Å². The van der Waals surface area contributed by atoms with Gasteiger partial charge in [0, 0.05) is 18.8 Å². The van der Waals surface area contributed by atoms with Gasteiger partial charge in [-0.2, -0.15) is 0 Å². The summed E-state index contributed by atoms with van der Waals surface area (Å²) in [5, 5.41) is 9.49. The first-order valence-corrected chi connectivity index (χ1v) is 9.55. The topological polar surface area (TPSA) is 62.5 Å². The second-order valence-electron chi connectivity index (χ2n) is 7.01. The Morgan fingerprint density at radius 2 is 1.84 bits per heavy atom. The number of carboxylic acids is 1. The average molecular weight is 351 g/mol. The van der Waals surface area contributed by atoms with Gasteiger partial charge in [0.15, 0.2) is 0 Å². The molecule has 0 bridgehead atoms. The summed E-state index contributed by atoms with van der Waals surface area (Å²) in [4.78, 5) is 26.3. The summed E-state index contributed by atoms with van der Waals surface area (Å²) in [6.07, 6.45) is 5.61. The molecule has 1 N–H and O–H groups in total. The maximum absolute atomic E-state index is 12.3. The molecule has 2 rings (SSSR count). The molecule has 1 aliphatic heterocycles. The van der Waals surface area contributed by atoms with E-state index in [-0.39, 0.29) is 11.5 Å². The smallest absolute Gasteiger partial charge is 0.326 e. The molecule has 0 aromatic carbocycles. The monoisotopic (exact) mass is 350 g/mol. The molecule has 1 atom stereocenters. The third-order valence-electron chi connectivity index (χ3n) is 4.61. The number of likely N-dealkylation sites (tertiary alicyclic amines) is 1. The van der Waals surface area contributed by atoms with Crippen molar-refractivity contribution in [1.82, 2.24) is 9.47 Å². The summed E-state index contributed by atoms with van der Waals surface area (Å²) < 4.78 is 1.41. The number of nitrogens with zero attached hydrogens (tertiary/aromatic N) is 2. The summed E-state index contributed by atoms with van der Waals surface area (Å²) in [7, 11) is 0. The number of hydrogen-bond acceptors (Lipinski definition) is 3. The number of aryl methyl sites for hydroxylation is 1. The molecule has 0 saturated carbocycles. The molecular formula is C20H34N2O3. The van der Waals surface area contributed by atoms with E-state index in [0.29, 0.717) is 6.42 Å². The molecule has 5 nitrogen and oxygen atoms in total. The fourth-order valence-corrected chi connectivity index (χ4v) is 3.26. The van der Waals surface area contributed by atoms with Crippen LogP contribution in [0, 0.1) is 12.8 Å². The van der Waals surface area contributed by atoms with Crippen molar-refractivity contribution in [2.45, 2.75) is 66.3 Å². The number of pyridine rings is 1. The quantitative estimate of drug-likeness (QED) is 0.817. The lowest BCUT2D eigenvalue weighted by atomic mass is 10.0. The van der Waals surface area contributed by atoms with Crippen LogP contribution >= 0.6 is 0 Å². The zero-order chi connectivity index (χ0) is 19.0. The molecule has 5 heteroatoms. The molecule has 1 aromatic rings. The average Bonchev–Trinajstić information content (AvgIpc) is 3.07. The van der Waals surface area contributed by atoms with Crippen LogP contribution in [0.15, 0.2) is 17.1 Å². The largest absolute Gasteiger partial charge is 0.480 e. The Hall–Kier alpha value is -1.62. The van der Waals surface area contributed by atoms with Gasteiger partial charge in [0.25, 0.3) is 5.56 Å². The third kappa shape index (κ3) is 6.31.